The number of hydrogen-bond donors (Lipinski definition) is 1. The molecule has 3 heteroatoms. The summed E-state index contributed by atoms with van der Waals surface area (Å²) in [5.41, 5.74) is 0. The Bertz CT molecular complexity index is 90.7. The normalized spacial score (nSPS) is 6.89. The molecule has 0 fully saturated rings. The van der Waals surface area contributed by atoms with Crippen LogP contribution in [0.3, 0.4) is 0 Å². The van der Waals surface area contributed by atoms with Gasteiger partial charge in [-0.05, 0) is 6.92 Å². The van der Waals surface area contributed by atoms with Crippen molar-refractivity contribution >= 4 is 0 Å². The van der Waals surface area contributed by atoms with Gasteiger partial charge in [-0.2, -0.15) is 6.08 Å². The van der Waals surface area contributed by atoms with Crippen LogP contribution in [0.1, 0.15) is 20.3 Å². The summed E-state index contributed by atoms with van der Waals surface area (Å²) in [5, 5.41) is 16.5. The number of aliphatic hydroxyl groups is 1. The maximum Gasteiger partial charge on any atom is 0.0402 e. The molecule has 0 saturated heterocycles. The summed E-state index contributed by atoms with van der Waals surface area (Å²) in [4.78, 5) is 0. The van der Waals surface area contributed by atoms with Crippen LogP contribution in [0, 0.1) is 50.6 Å². The average Bonchev–Trinajstić information content (AvgIpc) is 2.44. The summed E-state index contributed by atoms with van der Waals surface area (Å²) in [5.74, 6) is 0. The monoisotopic (exact) mass is 336 g/mol. The molecule has 0 aromatic rings. The summed E-state index contributed by atoms with van der Waals surface area (Å²) in [7, 11) is 0. The molecule has 0 aliphatic heterocycles. The second-order valence-electron chi connectivity index (χ2n) is 1.61. The minimum atomic E-state index is 0. The van der Waals surface area contributed by atoms with E-state index in [1.54, 1.807) is 13.8 Å². The van der Waals surface area contributed by atoms with Crippen LogP contribution in [-0.2, 0) is 26.2 Å². The fourth-order valence-corrected chi connectivity index (χ4v) is 0.340. The second kappa shape index (κ2) is 86.4. The van der Waals surface area contributed by atoms with Crippen molar-refractivity contribution in [2.75, 3.05) is 13.2 Å². The van der Waals surface area contributed by atoms with Gasteiger partial charge in [0.1, 0.15) is 0 Å². The van der Waals surface area contributed by atoms with Crippen LogP contribution in [0.15, 0.2) is 18.2 Å². The van der Waals surface area contributed by atoms with Crippen molar-refractivity contribution in [3.05, 3.63) is 68.9 Å². The van der Waals surface area contributed by atoms with E-state index >= 15 is 0 Å². The van der Waals surface area contributed by atoms with Gasteiger partial charge in [0, 0.05) is 32.8 Å². The Balaban J connectivity index is -0.00000000837. The molecule has 0 amide bonds. The van der Waals surface area contributed by atoms with Crippen molar-refractivity contribution in [3.63, 3.8) is 0 Å². The van der Waals surface area contributed by atoms with E-state index in [0.717, 1.165) is 6.42 Å². The molecule has 1 aliphatic rings. The molecule has 0 spiro atoms. The van der Waals surface area contributed by atoms with Crippen LogP contribution in [-0.4, -0.2) is 18.3 Å². The van der Waals surface area contributed by atoms with Crippen molar-refractivity contribution in [2.24, 2.45) is 0 Å². The molecular formula is C15H34O2Zr-8. The fraction of sp³-hybridized carbons (Fsp3) is 0.333. The van der Waals surface area contributed by atoms with Gasteiger partial charge in [0.2, 0.25) is 0 Å². The van der Waals surface area contributed by atoms with Crippen molar-refractivity contribution in [1.82, 2.24) is 0 Å². The Morgan fingerprint density at radius 2 is 1.33 bits per heavy atom. The summed E-state index contributed by atoms with van der Waals surface area (Å²) in [6.45, 7) is 3.50. The van der Waals surface area contributed by atoms with Gasteiger partial charge in [-0.3, -0.25) is 6.08 Å². The molecular weight excluding hydrogens is 303 g/mol. The third-order valence-corrected chi connectivity index (χ3v) is 0.586. The molecule has 1 aliphatic carbocycles. The molecule has 2 nitrogen and oxygen atoms in total. The first-order chi connectivity index (χ1) is 5.33. The molecule has 0 unspecified atom stereocenters. The standard InChI is InChI=1S/C5H5.C2H6O.C2H5O.6CH3.Zr/c1-2-4-5-3-1;2*1-2-3;;;;;;;/h1-3H,4H2;3H,2H2,1H3;2H2,1H3;6*1H3;/q-1;;7*-1;. The van der Waals surface area contributed by atoms with E-state index in [-0.39, 0.29) is 84.0 Å². The predicted octanol–water partition coefficient (Wildman–Crippen LogP) is 3.37. The van der Waals surface area contributed by atoms with Gasteiger partial charge in [0.15, 0.2) is 0 Å². The van der Waals surface area contributed by atoms with Crippen LogP contribution in [0.25, 0.3) is 0 Å². The van der Waals surface area contributed by atoms with E-state index in [1.807, 2.05) is 12.2 Å². The maximum absolute atomic E-state index is 8.93. The number of hydrogen-bond acceptors (Lipinski definition) is 2. The molecule has 0 aromatic carbocycles. The maximum atomic E-state index is 8.93. The average molecular weight is 338 g/mol. The zero-order valence-corrected chi connectivity index (χ0v) is 16.2. The summed E-state index contributed by atoms with van der Waals surface area (Å²) in [6.07, 6.45) is 10.0. The SMILES string of the molecule is CCO.CC[O-].[C-]1=CC=CC1.[CH3-].[CH3-].[CH3-].[CH3-].[CH3-].[CH3-].[Zr]. The van der Waals surface area contributed by atoms with Crippen molar-refractivity contribution in [2.45, 2.75) is 20.3 Å². The fourth-order valence-electron chi connectivity index (χ4n) is 0.340. The van der Waals surface area contributed by atoms with Crippen molar-refractivity contribution in [1.29, 1.82) is 0 Å². The third-order valence-electron chi connectivity index (χ3n) is 0.586. The molecule has 18 heavy (non-hydrogen) atoms. The molecule has 0 radical (unpaired) electrons. The van der Waals surface area contributed by atoms with Gasteiger partial charge in [0.05, 0.1) is 0 Å². The van der Waals surface area contributed by atoms with Gasteiger partial charge in [0.25, 0.3) is 0 Å². The molecule has 0 atom stereocenters. The van der Waals surface area contributed by atoms with Gasteiger partial charge in [-0.25, -0.2) is 12.2 Å². The van der Waals surface area contributed by atoms with E-state index in [2.05, 4.69) is 12.2 Å². The predicted molar refractivity (Wildman–Crippen MR) is 83.4 cm³/mol. The van der Waals surface area contributed by atoms with Crippen LogP contribution in [0.2, 0.25) is 0 Å². The minimum Gasteiger partial charge on any atom is -0.855 e. The van der Waals surface area contributed by atoms with E-state index in [9.17, 15) is 0 Å². The van der Waals surface area contributed by atoms with Gasteiger partial charge >= 0.3 is 0 Å². The van der Waals surface area contributed by atoms with Gasteiger partial charge in [-0.1, -0.05) is 6.92 Å². The van der Waals surface area contributed by atoms with Gasteiger partial charge < -0.3 is 54.8 Å². The Morgan fingerprint density at radius 1 is 1.06 bits per heavy atom. The van der Waals surface area contributed by atoms with Gasteiger partial charge in [-0.15, -0.1) is 13.0 Å². The molecule has 1 N–H and O–H groups in total. The molecule has 0 saturated carbocycles. The Morgan fingerprint density at radius 3 is 1.39 bits per heavy atom. The quantitative estimate of drug-likeness (QED) is 0.689. The zero-order chi connectivity index (χ0) is 8.95. The zero-order valence-electron chi connectivity index (χ0n) is 13.7. The third kappa shape index (κ3) is 136. The molecule has 0 aromatic heterocycles. The first-order valence-electron chi connectivity index (χ1n) is 3.74. The molecule has 0 bridgehead atoms. The van der Waals surface area contributed by atoms with E-state index in [0.29, 0.717) is 0 Å². The summed E-state index contributed by atoms with van der Waals surface area (Å²) < 4.78 is 0. The Labute approximate surface area is 138 Å². The smallest absolute Gasteiger partial charge is 0.0402 e. The summed E-state index contributed by atoms with van der Waals surface area (Å²) in [6, 6.07) is 0. The van der Waals surface area contributed by atoms with E-state index in [1.165, 1.54) is 0 Å². The Hall–Kier alpha value is 0.283. The first-order valence-corrected chi connectivity index (χ1v) is 3.74. The summed E-state index contributed by atoms with van der Waals surface area (Å²) >= 11 is 0. The van der Waals surface area contributed by atoms with Crippen LogP contribution >= 0.6 is 0 Å². The second-order valence-corrected chi connectivity index (χ2v) is 1.61. The number of aliphatic hydroxyl groups excluding tert-OH is 1. The minimum absolute atomic E-state index is 0. The van der Waals surface area contributed by atoms with E-state index in [4.69, 9.17) is 10.2 Å². The van der Waals surface area contributed by atoms with Crippen molar-refractivity contribution in [3.8, 4) is 0 Å². The van der Waals surface area contributed by atoms with E-state index < -0.39 is 0 Å². The van der Waals surface area contributed by atoms with Crippen LogP contribution in [0.5, 0.6) is 0 Å². The topological polar surface area (TPSA) is 43.3 Å². The van der Waals surface area contributed by atoms with Crippen molar-refractivity contribution < 1.29 is 36.4 Å². The number of rotatable bonds is 0. The molecule has 0 heterocycles. The number of allylic oxidation sites excluding steroid dienone is 4. The largest absolute Gasteiger partial charge is 0.855 e. The molecule has 1 rings (SSSR count). The molecule has 118 valence electrons. The Kier molecular flexibility index (Phi) is 304. The first kappa shape index (κ1) is 63.4. The van der Waals surface area contributed by atoms with Crippen LogP contribution < -0.4 is 5.11 Å². The van der Waals surface area contributed by atoms with Crippen LogP contribution in [0.4, 0.5) is 0 Å².